The molecule has 0 saturated heterocycles. The van der Waals surface area contributed by atoms with E-state index in [1.807, 2.05) is 0 Å². The molecule has 0 aliphatic carbocycles. The molecule has 1 atom stereocenters. The molecule has 0 rings (SSSR count). The average molecular weight is 438 g/mol. The lowest BCUT2D eigenvalue weighted by molar-refractivity contribution is 0.236. The second kappa shape index (κ2) is 26.2. The predicted molar refractivity (Wildman–Crippen MR) is 144 cm³/mol. The molecule has 0 fully saturated rings. The van der Waals surface area contributed by atoms with Gasteiger partial charge in [0.2, 0.25) is 0 Å². The molecule has 0 aliphatic heterocycles. The van der Waals surface area contributed by atoms with Gasteiger partial charge in [0.15, 0.2) is 0 Å². The molecular weight excluding hydrogens is 374 g/mol. The third-order valence-corrected chi connectivity index (χ3v) is 7.34. The zero-order chi connectivity index (χ0) is 22.8. The van der Waals surface area contributed by atoms with E-state index in [0.29, 0.717) is 0 Å². The molecule has 0 heterocycles. The van der Waals surface area contributed by atoms with Crippen LogP contribution >= 0.6 is 0 Å². The minimum absolute atomic E-state index is 0.770. The Kier molecular flexibility index (Phi) is 26.2. The van der Waals surface area contributed by atoms with E-state index in [2.05, 4.69) is 32.7 Å². The molecule has 1 unspecified atom stereocenters. The fraction of sp³-hybridized carbons (Fsp3) is 1.00. The molecule has 0 aromatic heterocycles. The molecule has 0 aromatic rings. The largest absolute Gasteiger partial charge is 0.304 e. The first kappa shape index (κ1) is 31.0. The second-order valence-electron chi connectivity index (χ2n) is 10.5. The van der Waals surface area contributed by atoms with Crippen LogP contribution < -0.4 is 0 Å². The Hall–Kier alpha value is -0.0400. The Morgan fingerprint density at radius 1 is 0.419 bits per heavy atom. The van der Waals surface area contributed by atoms with Gasteiger partial charge in [-0.1, -0.05) is 155 Å². The van der Waals surface area contributed by atoms with Crippen LogP contribution in [0.3, 0.4) is 0 Å². The Bertz CT molecular complexity index is 314. The minimum atomic E-state index is 0.770. The summed E-state index contributed by atoms with van der Waals surface area (Å²) < 4.78 is 0. The van der Waals surface area contributed by atoms with Crippen LogP contribution in [0.2, 0.25) is 0 Å². The van der Waals surface area contributed by atoms with Crippen molar-refractivity contribution in [1.82, 2.24) is 4.90 Å². The zero-order valence-electron chi connectivity index (χ0n) is 22.7. The van der Waals surface area contributed by atoms with E-state index >= 15 is 0 Å². The summed E-state index contributed by atoms with van der Waals surface area (Å²) in [5.41, 5.74) is 0. The van der Waals surface area contributed by atoms with Crippen LogP contribution in [0.15, 0.2) is 0 Å². The van der Waals surface area contributed by atoms with E-state index in [1.165, 1.54) is 161 Å². The van der Waals surface area contributed by atoms with Crippen LogP contribution in [0.25, 0.3) is 0 Å². The van der Waals surface area contributed by atoms with Gasteiger partial charge in [0, 0.05) is 6.04 Å². The molecule has 0 spiro atoms. The highest BCUT2D eigenvalue weighted by atomic mass is 15.1. The maximum Gasteiger partial charge on any atom is 0.00638 e. The highest BCUT2D eigenvalue weighted by molar-refractivity contribution is 4.64. The van der Waals surface area contributed by atoms with Crippen molar-refractivity contribution in [2.45, 2.75) is 181 Å². The van der Waals surface area contributed by atoms with Gasteiger partial charge in [0.1, 0.15) is 0 Å². The van der Waals surface area contributed by atoms with Gasteiger partial charge in [-0.25, -0.2) is 0 Å². The van der Waals surface area contributed by atoms with Crippen LogP contribution in [-0.4, -0.2) is 24.5 Å². The molecule has 0 amide bonds. The molecule has 0 aromatic carbocycles. The molecule has 0 radical (unpaired) electrons. The van der Waals surface area contributed by atoms with E-state index in [-0.39, 0.29) is 0 Å². The first-order valence-electron chi connectivity index (χ1n) is 14.9. The smallest absolute Gasteiger partial charge is 0.00638 e. The first-order valence-corrected chi connectivity index (χ1v) is 14.9. The van der Waals surface area contributed by atoms with Crippen LogP contribution in [0.5, 0.6) is 0 Å². The molecule has 1 heteroatoms. The highest BCUT2D eigenvalue weighted by Crippen LogP contribution is 2.15. The summed E-state index contributed by atoms with van der Waals surface area (Å²) >= 11 is 0. The van der Waals surface area contributed by atoms with E-state index < -0.39 is 0 Å². The molecule has 1 nitrogen and oxygen atoms in total. The molecule has 0 aliphatic rings. The summed E-state index contributed by atoms with van der Waals surface area (Å²) in [5, 5.41) is 0. The van der Waals surface area contributed by atoms with Gasteiger partial charge in [-0.2, -0.15) is 0 Å². The molecular formula is C30H63N. The fourth-order valence-corrected chi connectivity index (χ4v) is 4.75. The van der Waals surface area contributed by atoms with Crippen LogP contribution in [0.4, 0.5) is 0 Å². The van der Waals surface area contributed by atoms with Crippen LogP contribution in [0, 0.1) is 0 Å². The number of hydrogen-bond donors (Lipinski definition) is 0. The topological polar surface area (TPSA) is 3.24 Å². The summed E-state index contributed by atoms with van der Waals surface area (Å²) in [6, 6.07) is 0.770. The Labute approximate surface area is 199 Å². The lowest BCUT2D eigenvalue weighted by Gasteiger charge is -2.24. The summed E-state index contributed by atoms with van der Waals surface area (Å²) in [5.74, 6) is 0. The van der Waals surface area contributed by atoms with Crippen molar-refractivity contribution in [2.75, 3.05) is 13.6 Å². The summed E-state index contributed by atoms with van der Waals surface area (Å²) in [7, 11) is 2.35. The number of hydrogen-bond acceptors (Lipinski definition) is 1. The Morgan fingerprint density at radius 2 is 0.710 bits per heavy atom. The van der Waals surface area contributed by atoms with Crippen molar-refractivity contribution < 1.29 is 0 Å². The minimum Gasteiger partial charge on any atom is -0.304 e. The fourth-order valence-electron chi connectivity index (χ4n) is 4.75. The first-order chi connectivity index (χ1) is 15.2. The summed E-state index contributed by atoms with van der Waals surface area (Å²) in [6.45, 7) is 8.35. The Morgan fingerprint density at radius 3 is 1.06 bits per heavy atom. The number of unbranched alkanes of at least 4 members (excludes halogenated alkanes) is 21. The van der Waals surface area contributed by atoms with E-state index in [9.17, 15) is 0 Å². The third-order valence-electron chi connectivity index (χ3n) is 7.34. The van der Waals surface area contributed by atoms with Crippen molar-refractivity contribution >= 4 is 0 Å². The highest BCUT2D eigenvalue weighted by Gasteiger charge is 2.08. The quantitative estimate of drug-likeness (QED) is 0.122. The van der Waals surface area contributed by atoms with Crippen molar-refractivity contribution in [3.8, 4) is 0 Å². The summed E-state index contributed by atoms with van der Waals surface area (Å²) in [4.78, 5) is 2.62. The maximum absolute atomic E-state index is 2.62. The molecule has 0 saturated carbocycles. The van der Waals surface area contributed by atoms with Crippen molar-refractivity contribution in [3.05, 3.63) is 0 Å². The van der Waals surface area contributed by atoms with Gasteiger partial charge in [0.25, 0.3) is 0 Å². The zero-order valence-corrected chi connectivity index (χ0v) is 22.7. The van der Waals surface area contributed by atoms with Gasteiger partial charge >= 0.3 is 0 Å². The van der Waals surface area contributed by atoms with Crippen LogP contribution in [-0.2, 0) is 0 Å². The molecule has 188 valence electrons. The lowest BCUT2D eigenvalue weighted by atomic mass is 10.0. The van der Waals surface area contributed by atoms with Crippen molar-refractivity contribution in [1.29, 1.82) is 0 Å². The van der Waals surface area contributed by atoms with E-state index in [4.69, 9.17) is 0 Å². The van der Waals surface area contributed by atoms with Gasteiger partial charge in [0.05, 0.1) is 0 Å². The maximum atomic E-state index is 2.62. The van der Waals surface area contributed by atoms with Gasteiger partial charge in [-0.05, 0) is 33.4 Å². The normalized spacial score (nSPS) is 12.7. The van der Waals surface area contributed by atoms with Crippen molar-refractivity contribution in [3.63, 3.8) is 0 Å². The molecule has 0 N–H and O–H groups in total. The van der Waals surface area contributed by atoms with Crippen molar-refractivity contribution in [2.24, 2.45) is 0 Å². The lowest BCUT2D eigenvalue weighted by Crippen LogP contribution is -2.29. The number of rotatable bonds is 26. The van der Waals surface area contributed by atoms with E-state index in [1.54, 1.807) is 0 Å². The standard InChI is InChI=1S/C30H63N/c1-5-7-9-11-13-15-17-19-21-23-25-27-29-31(4)30(3)28-26-24-22-20-18-16-14-12-10-8-6-2/h30H,5-29H2,1-4H3. The third kappa shape index (κ3) is 24.4. The second-order valence-corrected chi connectivity index (χ2v) is 10.5. The Balaban J connectivity index is 3.29. The van der Waals surface area contributed by atoms with Gasteiger partial charge in [-0.3, -0.25) is 0 Å². The monoisotopic (exact) mass is 437 g/mol. The average Bonchev–Trinajstić information content (AvgIpc) is 2.77. The number of nitrogens with zero attached hydrogens (tertiary/aromatic N) is 1. The summed E-state index contributed by atoms with van der Waals surface area (Å²) in [6.07, 6.45) is 34.7. The predicted octanol–water partition coefficient (Wildman–Crippen LogP) is 10.7. The van der Waals surface area contributed by atoms with Crippen LogP contribution in [0.1, 0.15) is 175 Å². The van der Waals surface area contributed by atoms with Gasteiger partial charge in [-0.15, -0.1) is 0 Å². The van der Waals surface area contributed by atoms with Gasteiger partial charge < -0.3 is 4.90 Å². The van der Waals surface area contributed by atoms with E-state index in [0.717, 1.165) is 6.04 Å². The molecule has 0 bridgehead atoms. The SMILES string of the molecule is CCCCCCCCCCCCCCN(C)C(C)CCCCCCCCCCCCC. The molecule has 31 heavy (non-hydrogen) atoms.